The van der Waals surface area contributed by atoms with Gasteiger partial charge in [0.05, 0.1) is 19.8 Å². The van der Waals surface area contributed by atoms with Crippen molar-refractivity contribution in [3.63, 3.8) is 0 Å². The van der Waals surface area contributed by atoms with Crippen LogP contribution in [0.2, 0.25) is 0 Å². The Morgan fingerprint density at radius 1 is 1.32 bits per heavy atom. The number of methoxy groups -OCH3 is 1. The van der Waals surface area contributed by atoms with Crippen molar-refractivity contribution in [3.05, 3.63) is 29.6 Å². The molecule has 0 aliphatic heterocycles. The zero-order chi connectivity index (χ0) is 14.3. The second kappa shape index (κ2) is 8.12. The molecule has 1 aromatic carbocycles. The third kappa shape index (κ3) is 5.17. The first-order chi connectivity index (χ1) is 9.08. The van der Waals surface area contributed by atoms with Crippen molar-refractivity contribution in [3.8, 4) is 5.75 Å². The third-order valence-corrected chi connectivity index (χ3v) is 2.85. The van der Waals surface area contributed by atoms with Gasteiger partial charge in [-0.1, -0.05) is 19.1 Å². The molecule has 0 spiro atoms. The molecule has 0 aliphatic carbocycles. The number of benzene rings is 1. The van der Waals surface area contributed by atoms with E-state index in [1.54, 1.807) is 12.1 Å². The van der Waals surface area contributed by atoms with Crippen LogP contribution in [0, 0.1) is 5.82 Å². The standard InChI is InChI=1S/C15H24FNO2/c1-5-17-13(10-19-11(2)3)9-12-7-6-8-14(18-4)15(12)16/h6-8,11,13,17H,5,9-10H2,1-4H3. The Morgan fingerprint density at radius 3 is 2.63 bits per heavy atom. The van der Waals surface area contributed by atoms with Gasteiger partial charge in [-0.25, -0.2) is 4.39 Å². The minimum Gasteiger partial charge on any atom is -0.494 e. The van der Waals surface area contributed by atoms with Gasteiger partial charge in [-0.2, -0.15) is 0 Å². The average molecular weight is 269 g/mol. The van der Waals surface area contributed by atoms with Crippen molar-refractivity contribution in [2.45, 2.75) is 39.3 Å². The normalized spacial score (nSPS) is 12.7. The highest BCUT2D eigenvalue weighted by molar-refractivity contribution is 5.31. The topological polar surface area (TPSA) is 30.5 Å². The van der Waals surface area contributed by atoms with E-state index in [1.807, 2.05) is 26.8 Å². The van der Waals surface area contributed by atoms with E-state index in [9.17, 15) is 4.39 Å². The highest BCUT2D eigenvalue weighted by Gasteiger charge is 2.14. The average Bonchev–Trinajstić information content (AvgIpc) is 2.38. The molecule has 1 unspecified atom stereocenters. The Kier molecular flexibility index (Phi) is 6.81. The van der Waals surface area contributed by atoms with Crippen molar-refractivity contribution < 1.29 is 13.9 Å². The van der Waals surface area contributed by atoms with Gasteiger partial charge >= 0.3 is 0 Å². The third-order valence-electron chi connectivity index (χ3n) is 2.85. The molecule has 1 atom stereocenters. The SMILES string of the molecule is CCNC(COC(C)C)Cc1cccc(OC)c1F. The van der Waals surface area contributed by atoms with Gasteiger partial charge in [0, 0.05) is 6.04 Å². The van der Waals surface area contributed by atoms with E-state index < -0.39 is 0 Å². The van der Waals surface area contributed by atoms with Crippen LogP contribution in [-0.4, -0.2) is 32.4 Å². The molecule has 4 heteroatoms. The van der Waals surface area contributed by atoms with E-state index in [0.29, 0.717) is 18.6 Å². The van der Waals surface area contributed by atoms with Crippen LogP contribution in [0.4, 0.5) is 4.39 Å². The maximum absolute atomic E-state index is 14.1. The summed E-state index contributed by atoms with van der Waals surface area (Å²) in [7, 11) is 1.48. The van der Waals surface area contributed by atoms with Gasteiger partial charge in [-0.05, 0) is 38.4 Å². The second-order valence-corrected chi connectivity index (χ2v) is 4.77. The minimum atomic E-state index is -0.280. The molecule has 3 nitrogen and oxygen atoms in total. The molecule has 1 N–H and O–H groups in total. The number of rotatable bonds is 8. The number of ether oxygens (including phenoxy) is 2. The van der Waals surface area contributed by atoms with Crippen molar-refractivity contribution in [2.75, 3.05) is 20.3 Å². The first kappa shape index (κ1) is 15.9. The van der Waals surface area contributed by atoms with Crippen LogP contribution in [0.3, 0.4) is 0 Å². The molecule has 1 aromatic rings. The lowest BCUT2D eigenvalue weighted by Crippen LogP contribution is -2.36. The molecule has 1 rings (SSSR count). The van der Waals surface area contributed by atoms with Crippen molar-refractivity contribution in [2.24, 2.45) is 0 Å². The summed E-state index contributed by atoms with van der Waals surface area (Å²) >= 11 is 0. The number of hydrogen-bond donors (Lipinski definition) is 1. The molecule has 0 saturated carbocycles. The molecule has 0 bridgehead atoms. The van der Waals surface area contributed by atoms with Gasteiger partial charge in [0.15, 0.2) is 11.6 Å². The van der Waals surface area contributed by atoms with Crippen LogP contribution in [0.1, 0.15) is 26.3 Å². The first-order valence-corrected chi connectivity index (χ1v) is 6.74. The summed E-state index contributed by atoms with van der Waals surface area (Å²) in [6.45, 7) is 7.43. The Labute approximate surface area is 115 Å². The molecule has 0 heterocycles. The van der Waals surface area contributed by atoms with Crippen LogP contribution in [0.15, 0.2) is 18.2 Å². The van der Waals surface area contributed by atoms with Crippen LogP contribution in [0.5, 0.6) is 5.75 Å². The summed E-state index contributed by atoms with van der Waals surface area (Å²) in [4.78, 5) is 0. The van der Waals surface area contributed by atoms with E-state index in [0.717, 1.165) is 6.54 Å². The summed E-state index contributed by atoms with van der Waals surface area (Å²) in [5.74, 6) is 0.00924. The van der Waals surface area contributed by atoms with Gasteiger partial charge in [0.1, 0.15) is 0 Å². The van der Waals surface area contributed by atoms with Gasteiger partial charge in [0.2, 0.25) is 0 Å². The lowest BCUT2D eigenvalue weighted by molar-refractivity contribution is 0.0614. The van der Waals surface area contributed by atoms with E-state index >= 15 is 0 Å². The predicted octanol–water partition coefficient (Wildman–Crippen LogP) is 2.78. The Bertz CT molecular complexity index is 382. The Balaban J connectivity index is 2.72. The Morgan fingerprint density at radius 2 is 2.05 bits per heavy atom. The molecule has 0 fully saturated rings. The minimum absolute atomic E-state index is 0.106. The lowest BCUT2D eigenvalue weighted by atomic mass is 10.1. The molecule has 108 valence electrons. The summed E-state index contributed by atoms with van der Waals surface area (Å²) < 4.78 is 24.7. The second-order valence-electron chi connectivity index (χ2n) is 4.77. The van der Waals surface area contributed by atoms with Gasteiger partial charge < -0.3 is 14.8 Å². The number of likely N-dealkylation sites (N-methyl/N-ethyl adjacent to an activating group) is 1. The summed E-state index contributed by atoms with van der Waals surface area (Å²) in [6, 6.07) is 5.33. The monoisotopic (exact) mass is 269 g/mol. The summed E-state index contributed by atoms with van der Waals surface area (Å²) in [5.41, 5.74) is 0.651. The van der Waals surface area contributed by atoms with Crippen LogP contribution >= 0.6 is 0 Å². The summed E-state index contributed by atoms with van der Waals surface area (Å²) in [5, 5.41) is 3.32. The van der Waals surface area contributed by atoms with Crippen molar-refractivity contribution in [1.82, 2.24) is 5.32 Å². The molecular weight excluding hydrogens is 245 g/mol. The van der Waals surface area contributed by atoms with Crippen LogP contribution in [0.25, 0.3) is 0 Å². The van der Waals surface area contributed by atoms with Gasteiger partial charge in [-0.15, -0.1) is 0 Å². The number of hydrogen-bond acceptors (Lipinski definition) is 3. The summed E-state index contributed by atoms with van der Waals surface area (Å²) in [6.07, 6.45) is 0.764. The molecule has 0 aliphatic rings. The number of nitrogens with one attached hydrogen (secondary N) is 1. The Hall–Kier alpha value is -1.13. The quantitative estimate of drug-likeness (QED) is 0.787. The fourth-order valence-electron chi connectivity index (χ4n) is 1.92. The zero-order valence-electron chi connectivity index (χ0n) is 12.2. The van der Waals surface area contributed by atoms with Crippen LogP contribution in [-0.2, 0) is 11.2 Å². The maximum atomic E-state index is 14.1. The lowest BCUT2D eigenvalue weighted by Gasteiger charge is -2.20. The highest BCUT2D eigenvalue weighted by Crippen LogP contribution is 2.21. The van der Waals surface area contributed by atoms with E-state index in [2.05, 4.69) is 5.32 Å². The van der Waals surface area contributed by atoms with Crippen LogP contribution < -0.4 is 10.1 Å². The smallest absolute Gasteiger partial charge is 0.168 e. The maximum Gasteiger partial charge on any atom is 0.168 e. The number of halogens is 1. The van der Waals surface area contributed by atoms with E-state index in [1.165, 1.54) is 7.11 Å². The van der Waals surface area contributed by atoms with Gasteiger partial charge in [0.25, 0.3) is 0 Å². The van der Waals surface area contributed by atoms with Crippen molar-refractivity contribution in [1.29, 1.82) is 0 Å². The van der Waals surface area contributed by atoms with E-state index in [4.69, 9.17) is 9.47 Å². The molecule has 0 radical (unpaired) electrons. The fourth-order valence-corrected chi connectivity index (χ4v) is 1.92. The fraction of sp³-hybridized carbons (Fsp3) is 0.600. The predicted molar refractivity (Wildman–Crippen MR) is 75.2 cm³/mol. The van der Waals surface area contributed by atoms with E-state index in [-0.39, 0.29) is 23.7 Å². The molecule has 0 saturated heterocycles. The largest absolute Gasteiger partial charge is 0.494 e. The molecular formula is C15H24FNO2. The van der Waals surface area contributed by atoms with Gasteiger partial charge in [-0.3, -0.25) is 0 Å². The first-order valence-electron chi connectivity index (χ1n) is 6.74. The van der Waals surface area contributed by atoms with Crippen molar-refractivity contribution >= 4 is 0 Å². The molecule has 19 heavy (non-hydrogen) atoms. The highest BCUT2D eigenvalue weighted by atomic mass is 19.1. The molecule has 0 amide bonds. The zero-order valence-corrected chi connectivity index (χ0v) is 12.2. The molecule has 0 aromatic heterocycles.